The van der Waals surface area contributed by atoms with E-state index < -0.39 is 5.60 Å². The van der Waals surface area contributed by atoms with E-state index in [1.807, 2.05) is 19.1 Å². The second-order valence-corrected chi connectivity index (χ2v) is 5.61. The van der Waals surface area contributed by atoms with E-state index in [0.717, 1.165) is 18.6 Å². The molecule has 5 heteroatoms. The first-order valence-corrected chi connectivity index (χ1v) is 7.36. The Morgan fingerprint density at radius 2 is 1.90 bits per heavy atom. The standard InChI is InChI=1S/C16H23NO4/c1-3-20-13-5-7-14(8-6-13)21-11-15(18)17-10-4-9-16(2,19)12-17/h5-8,19H,3-4,9-12H2,1-2H3. The van der Waals surface area contributed by atoms with Gasteiger partial charge in [-0.1, -0.05) is 0 Å². The summed E-state index contributed by atoms with van der Waals surface area (Å²) in [7, 11) is 0. The molecular weight excluding hydrogens is 270 g/mol. The van der Waals surface area contributed by atoms with Gasteiger partial charge in [0, 0.05) is 13.1 Å². The molecule has 0 radical (unpaired) electrons. The van der Waals surface area contributed by atoms with Gasteiger partial charge in [-0.3, -0.25) is 4.79 Å². The zero-order chi connectivity index (χ0) is 15.3. The highest BCUT2D eigenvalue weighted by molar-refractivity contribution is 5.78. The SMILES string of the molecule is CCOc1ccc(OCC(=O)N2CCCC(C)(O)C2)cc1. The number of β-amino-alcohol motifs (C(OH)–C–C–N with tert-alkyl or cyclic N) is 1. The number of benzene rings is 1. The zero-order valence-electron chi connectivity index (χ0n) is 12.7. The zero-order valence-corrected chi connectivity index (χ0v) is 12.7. The molecule has 1 amide bonds. The summed E-state index contributed by atoms with van der Waals surface area (Å²) in [6, 6.07) is 7.19. The Balaban J connectivity index is 1.83. The minimum atomic E-state index is -0.785. The highest BCUT2D eigenvalue weighted by Crippen LogP contribution is 2.21. The van der Waals surface area contributed by atoms with Gasteiger partial charge in [0.15, 0.2) is 6.61 Å². The number of hydrogen-bond donors (Lipinski definition) is 1. The fraction of sp³-hybridized carbons (Fsp3) is 0.562. The monoisotopic (exact) mass is 293 g/mol. The smallest absolute Gasteiger partial charge is 0.260 e. The van der Waals surface area contributed by atoms with Crippen LogP contribution in [0.4, 0.5) is 0 Å². The van der Waals surface area contributed by atoms with Gasteiger partial charge in [0.1, 0.15) is 11.5 Å². The predicted molar refractivity (Wildman–Crippen MR) is 79.5 cm³/mol. The largest absolute Gasteiger partial charge is 0.494 e. The Morgan fingerprint density at radius 1 is 1.29 bits per heavy atom. The third-order valence-electron chi connectivity index (χ3n) is 3.52. The van der Waals surface area contributed by atoms with Crippen molar-refractivity contribution in [2.75, 3.05) is 26.3 Å². The van der Waals surface area contributed by atoms with Crippen molar-refractivity contribution in [3.05, 3.63) is 24.3 Å². The molecule has 1 unspecified atom stereocenters. The van der Waals surface area contributed by atoms with Crippen LogP contribution in [-0.2, 0) is 4.79 Å². The van der Waals surface area contributed by atoms with Crippen LogP contribution in [0.15, 0.2) is 24.3 Å². The minimum Gasteiger partial charge on any atom is -0.494 e. The van der Waals surface area contributed by atoms with Crippen molar-refractivity contribution in [1.29, 1.82) is 0 Å². The summed E-state index contributed by atoms with van der Waals surface area (Å²) in [5.74, 6) is 1.32. The molecule has 1 heterocycles. The summed E-state index contributed by atoms with van der Waals surface area (Å²) in [5, 5.41) is 10.0. The fourth-order valence-corrected chi connectivity index (χ4v) is 2.47. The highest BCUT2D eigenvalue weighted by Gasteiger charge is 2.30. The van der Waals surface area contributed by atoms with Crippen LogP contribution in [0.3, 0.4) is 0 Å². The van der Waals surface area contributed by atoms with E-state index >= 15 is 0 Å². The van der Waals surface area contributed by atoms with Crippen LogP contribution in [0.25, 0.3) is 0 Å². The molecule has 0 spiro atoms. The van der Waals surface area contributed by atoms with E-state index in [0.29, 0.717) is 25.4 Å². The van der Waals surface area contributed by atoms with Gasteiger partial charge in [0.05, 0.1) is 12.2 Å². The van der Waals surface area contributed by atoms with E-state index in [9.17, 15) is 9.90 Å². The molecule has 2 rings (SSSR count). The molecule has 5 nitrogen and oxygen atoms in total. The minimum absolute atomic E-state index is 0.00986. The van der Waals surface area contributed by atoms with Crippen LogP contribution in [0, 0.1) is 0 Å². The van der Waals surface area contributed by atoms with E-state index in [4.69, 9.17) is 9.47 Å². The number of hydrogen-bond acceptors (Lipinski definition) is 4. The molecule has 1 fully saturated rings. The fourth-order valence-electron chi connectivity index (χ4n) is 2.47. The first kappa shape index (κ1) is 15.6. The Kier molecular flexibility index (Phi) is 5.07. The second-order valence-electron chi connectivity index (χ2n) is 5.61. The number of carbonyl (C=O) groups excluding carboxylic acids is 1. The molecule has 0 aromatic heterocycles. The number of amides is 1. The summed E-state index contributed by atoms with van der Waals surface area (Å²) < 4.78 is 10.8. The number of nitrogens with zero attached hydrogens (tertiary/aromatic N) is 1. The maximum absolute atomic E-state index is 12.1. The number of ether oxygens (including phenoxy) is 2. The van der Waals surface area contributed by atoms with E-state index in [2.05, 4.69) is 0 Å². The van der Waals surface area contributed by atoms with Gasteiger partial charge < -0.3 is 19.5 Å². The van der Waals surface area contributed by atoms with Crippen LogP contribution < -0.4 is 9.47 Å². The van der Waals surface area contributed by atoms with Crippen molar-refractivity contribution >= 4 is 5.91 Å². The van der Waals surface area contributed by atoms with Crippen molar-refractivity contribution in [3.63, 3.8) is 0 Å². The molecular formula is C16H23NO4. The Labute approximate surface area is 125 Å². The van der Waals surface area contributed by atoms with Gasteiger partial charge in [-0.05, 0) is 51.0 Å². The van der Waals surface area contributed by atoms with Gasteiger partial charge in [0.25, 0.3) is 5.91 Å². The molecule has 1 saturated heterocycles. The van der Waals surface area contributed by atoms with Gasteiger partial charge in [-0.2, -0.15) is 0 Å². The van der Waals surface area contributed by atoms with Gasteiger partial charge in [0.2, 0.25) is 0 Å². The molecule has 0 aliphatic carbocycles. The van der Waals surface area contributed by atoms with Crippen molar-refractivity contribution < 1.29 is 19.4 Å². The van der Waals surface area contributed by atoms with Gasteiger partial charge >= 0.3 is 0 Å². The summed E-state index contributed by atoms with van der Waals surface area (Å²) in [6.45, 7) is 5.36. The van der Waals surface area contributed by atoms with Crippen molar-refractivity contribution in [2.24, 2.45) is 0 Å². The average molecular weight is 293 g/mol. The lowest BCUT2D eigenvalue weighted by Gasteiger charge is -2.36. The lowest BCUT2D eigenvalue weighted by atomic mass is 9.95. The first-order valence-electron chi connectivity index (χ1n) is 7.36. The highest BCUT2D eigenvalue weighted by atomic mass is 16.5. The third kappa shape index (κ3) is 4.63. The summed E-state index contributed by atoms with van der Waals surface area (Å²) in [5.41, 5.74) is -0.785. The molecule has 1 atom stereocenters. The molecule has 1 N–H and O–H groups in total. The van der Waals surface area contributed by atoms with Gasteiger partial charge in [-0.25, -0.2) is 0 Å². The summed E-state index contributed by atoms with van der Waals surface area (Å²) in [4.78, 5) is 13.8. The number of carbonyl (C=O) groups is 1. The third-order valence-corrected chi connectivity index (χ3v) is 3.52. The number of likely N-dealkylation sites (tertiary alicyclic amines) is 1. The number of rotatable bonds is 5. The topological polar surface area (TPSA) is 59.0 Å². The first-order chi connectivity index (χ1) is 10.00. The molecule has 21 heavy (non-hydrogen) atoms. The molecule has 116 valence electrons. The lowest BCUT2D eigenvalue weighted by molar-refractivity contribution is -0.139. The Morgan fingerprint density at radius 3 is 2.48 bits per heavy atom. The molecule has 1 aromatic rings. The lowest BCUT2D eigenvalue weighted by Crippen LogP contribution is -2.49. The molecule has 1 aromatic carbocycles. The van der Waals surface area contributed by atoms with Gasteiger partial charge in [-0.15, -0.1) is 0 Å². The molecule has 0 bridgehead atoms. The average Bonchev–Trinajstić information content (AvgIpc) is 2.45. The van der Waals surface area contributed by atoms with E-state index in [1.54, 1.807) is 24.0 Å². The van der Waals surface area contributed by atoms with Crippen molar-refractivity contribution in [2.45, 2.75) is 32.3 Å². The van der Waals surface area contributed by atoms with E-state index in [-0.39, 0.29) is 12.5 Å². The van der Waals surface area contributed by atoms with Crippen LogP contribution in [-0.4, -0.2) is 47.8 Å². The van der Waals surface area contributed by atoms with Crippen molar-refractivity contribution in [1.82, 2.24) is 4.90 Å². The number of piperidine rings is 1. The Bertz CT molecular complexity index is 470. The maximum Gasteiger partial charge on any atom is 0.260 e. The van der Waals surface area contributed by atoms with Crippen molar-refractivity contribution in [3.8, 4) is 11.5 Å². The van der Waals surface area contributed by atoms with E-state index in [1.165, 1.54) is 0 Å². The summed E-state index contributed by atoms with van der Waals surface area (Å²) in [6.07, 6.45) is 1.55. The van der Waals surface area contributed by atoms with Crippen LogP contribution >= 0.6 is 0 Å². The van der Waals surface area contributed by atoms with Crippen LogP contribution in [0.5, 0.6) is 11.5 Å². The predicted octanol–water partition coefficient (Wildman–Crippen LogP) is 1.84. The van der Waals surface area contributed by atoms with Crippen LogP contribution in [0.2, 0.25) is 0 Å². The molecule has 1 aliphatic rings. The quantitative estimate of drug-likeness (QED) is 0.900. The Hall–Kier alpha value is -1.75. The van der Waals surface area contributed by atoms with Crippen LogP contribution in [0.1, 0.15) is 26.7 Å². The molecule has 0 saturated carbocycles. The molecule has 1 aliphatic heterocycles. The maximum atomic E-state index is 12.1. The summed E-state index contributed by atoms with van der Waals surface area (Å²) >= 11 is 0. The second kappa shape index (κ2) is 6.80. The normalized spacial score (nSPS) is 22.0. The number of aliphatic hydroxyl groups is 1.